The van der Waals surface area contributed by atoms with Gasteiger partial charge in [0.2, 0.25) is 5.91 Å². The van der Waals surface area contributed by atoms with Gasteiger partial charge in [0, 0.05) is 11.1 Å². The summed E-state index contributed by atoms with van der Waals surface area (Å²) < 4.78 is 0. The number of carbonyl (C=O) groups is 3. The molecule has 1 saturated heterocycles. The first-order valence-electron chi connectivity index (χ1n) is 4.56. The first kappa shape index (κ1) is 12.2. The molecule has 1 atom stereocenters. The minimum Gasteiger partial charge on any atom is -0.478 e. The zero-order valence-electron chi connectivity index (χ0n) is 8.86. The van der Waals surface area contributed by atoms with E-state index in [1.165, 1.54) is 13.8 Å². The molecule has 88 valence electrons. The van der Waals surface area contributed by atoms with E-state index < -0.39 is 23.8 Å². The van der Waals surface area contributed by atoms with E-state index in [4.69, 9.17) is 5.11 Å². The lowest BCUT2D eigenvalue weighted by Crippen LogP contribution is -2.42. The molecule has 2 amide bonds. The quantitative estimate of drug-likeness (QED) is 0.535. The predicted octanol–water partition coefficient (Wildman–Crippen LogP) is -1.05. The summed E-state index contributed by atoms with van der Waals surface area (Å²) in [6.45, 7) is 2.74. The highest BCUT2D eigenvalue weighted by Crippen LogP contribution is 2.05. The van der Waals surface area contributed by atoms with E-state index in [0.29, 0.717) is 0 Å². The molecule has 3 N–H and O–H groups in total. The second kappa shape index (κ2) is 4.75. The first-order valence-corrected chi connectivity index (χ1v) is 4.56. The number of carbonyl (C=O) groups excluding carboxylic acids is 2. The molecule has 0 aliphatic carbocycles. The van der Waals surface area contributed by atoms with Crippen molar-refractivity contribution in [2.45, 2.75) is 19.9 Å². The summed E-state index contributed by atoms with van der Waals surface area (Å²) in [4.78, 5) is 37.8. The second-order valence-electron chi connectivity index (χ2n) is 3.36. The highest BCUT2D eigenvalue weighted by molar-refractivity contribution is 6.03. The molecule has 0 aromatic carbocycles. The normalized spacial score (nSPS) is 21.1. The van der Waals surface area contributed by atoms with Crippen LogP contribution >= 0.6 is 0 Å². The molecule has 0 saturated carbocycles. The van der Waals surface area contributed by atoms with Crippen LogP contribution < -0.4 is 10.8 Å². The van der Waals surface area contributed by atoms with Crippen molar-refractivity contribution in [3.8, 4) is 0 Å². The first-order chi connectivity index (χ1) is 7.43. The smallest absolute Gasteiger partial charge is 0.331 e. The number of aliphatic carboxylic acids is 1. The van der Waals surface area contributed by atoms with E-state index in [0.717, 1.165) is 0 Å². The Bertz CT molecular complexity index is 374. The van der Waals surface area contributed by atoms with Crippen molar-refractivity contribution in [3.05, 3.63) is 11.1 Å². The fourth-order valence-electron chi connectivity index (χ4n) is 1.05. The Morgan fingerprint density at radius 1 is 1.44 bits per heavy atom. The molecule has 0 unspecified atom stereocenters. The van der Waals surface area contributed by atoms with Crippen molar-refractivity contribution >= 4 is 17.8 Å². The molecule has 16 heavy (non-hydrogen) atoms. The number of nitrogens with one attached hydrogen (secondary N) is 2. The minimum atomic E-state index is -1.17. The molecular weight excluding hydrogens is 216 g/mol. The van der Waals surface area contributed by atoms with Crippen LogP contribution in [0.25, 0.3) is 0 Å². The number of carboxylic acids is 1. The van der Waals surface area contributed by atoms with Gasteiger partial charge in [-0.25, -0.2) is 10.3 Å². The van der Waals surface area contributed by atoms with Gasteiger partial charge in [-0.1, -0.05) is 0 Å². The van der Waals surface area contributed by atoms with E-state index in [1.54, 1.807) is 0 Å². The summed E-state index contributed by atoms with van der Waals surface area (Å²) in [5.41, 5.74) is 2.08. The fraction of sp³-hybridized carbons (Fsp3) is 0.444. The summed E-state index contributed by atoms with van der Waals surface area (Å²) >= 11 is 0. The van der Waals surface area contributed by atoms with Crippen molar-refractivity contribution in [1.82, 2.24) is 10.8 Å². The van der Waals surface area contributed by atoms with Crippen molar-refractivity contribution in [2.24, 2.45) is 0 Å². The Hall–Kier alpha value is -1.89. The minimum absolute atomic E-state index is 0.0317. The van der Waals surface area contributed by atoms with Crippen LogP contribution in [-0.4, -0.2) is 35.5 Å². The molecule has 1 heterocycles. The number of amides is 2. The second-order valence-corrected chi connectivity index (χ2v) is 3.36. The Morgan fingerprint density at radius 3 is 2.50 bits per heavy atom. The highest BCUT2D eigenvalue weighted by Gasteiger charge is 2.27. The standard InChI is InChI=1S/C9H12N2O5/c1-4(5(2)9(14)15)7(12)10-6-3-16-11-8(6)13/h6H,3H2,1-2H3,(H,10,12)(H,11,13)(H,14,15)/t6-/m1/s1. The van der Waals surface area contributed by atoms with Gasteiger partial charge in [0.25, 0.3) is 5.91 Å². The third-order valence-electron chi connectivity index (χ3n) is 2.27. The van der Waals surface area contributed by atoms with Crippen molar-refractivity contribution in [1.29, 1.82) is 0 Å². The van der Waals surface area contributed by atoms with Crippen LogP contribution in [0.15, 0.2) is 11.1 Å². The number of carboxylic acid groups (broad SMARTS) is 1. The van der Waals surface area contributed by atoms with Crippen molar-refractivity contribution in [3.63, 3.8) is 0 Å². The van der Waals surface area contributed by atoms with Gasteiger partial charge in [-0.05, 0) is 13.8 Å². The van der Waals surface area contributed by atoms with Gasteiger partial charge >= 0.3 is 5.97 Å². The van der Waals surface area contributed by atoms with Crippen LogP contribution in [-0.2, 0) is 19.2 Å². The molecule has 1 fully saturated rings. The maximum Gasteiger partial charge on any atom is 0.331 e. The van der Waals surface area contributed by atoms with E-state index in [-0.39, 0.29) is 17.8 Å². The third kappa shape index (κ3) is 2.57. The number of rotatable bonds is 3. The van der Waals surface area contributed by atoms with Crippen LogP contribution in [0, 0.1) is 0 Å². The largest absolute Gasteiger partial charge is 0.478 e. The number of hydroxylamine groups is 1. The molecule has 7 nitrogen and oxygen atoms in total. The molecular formula is C9H12N2O5. The average Bonchev–Trinajstić information content (AvgIpc) is 2.62. The lowest BCUT2D eigenvalue weighted by atomic mass is 10.1. The van der Waals surface area contributed by atoms with Crippen LogP contribution in [0.4, 0.5) is 0 Å². The zero-order valence-corrected chi connectivity index (χ0v) is 8.86. The van der Waals surface area contributed by atoms with Crippen molar-refractivity contribution in [2.75, 3.05) is 6.61 Å². The van der Waals surface area contributed by atoms with Gasteiger partial charge in [-0.2, -0.15) is 0 Å². The average molecular weight is 228 g/mol. The van der Waals surface area contributed by atoms with Gasteiger partial charge in [-0.3, -0.25) is 14.4 Å². The predicted molar refractivity (Wildman–Crippen MR) is 52.0 cm³/mol. The molecule has 0 radical (unpaired) electrons. The van der Waals surface area contributed by atoms with E-state index in [2.05, 4.69) is 15.6 Å². The van der Waals surface area contributed by atoms with Gasteiger partial charge in [-0.15, -0.1) is 0 Å². The van der Waals surface area contributed by atoms with E-state index in [1.807, 2.05) is 0 Å². The molecule has 1 aliphatic rings. The summed E-state index contributed by atoms with van der Waals surface area (Å²) in [5, 5.41) is 11.0. The Kier molecular flexibility index (Phi) is 3.62. The van der Waals surface area contributed by atoms with Crippen LogP contribution in [0.2, 0.25) is 0 Å². The van der Waals surface area contributed by atoms with Gasteiger partial charge < -0.3 is 10.4 Å². The maximum absolute atomic E-state index is 11.5. The van der Waals surface area contributed by atoms with Gasteiger partial charge in [0.15, 0.2) is 0 Å². The van der Waals surface area contributed by atoms with Crippen LogP contribution in [0.1, 0.15) is 13.8 Å². The summed E-state index contributed by atoms with van der Waals surface area (Å²) in [6, 6.07) is -0.774. The lowest BCUT2D eigenvalue weighted by Gasteiger charge is -2.09. The Labute approximate surface area is 91.4 Å². The van der Waals surface area contributed by atoms with Crippen molar-refractivity contribution < 1.29 is 24.3 Å². The topological polar surface area (TPSA) is 105 Å². The third-order valence-corrected chi connectivity index (χ3v) is 2.27. The molecule has 1 rings (SSSR count). The van der Waals surface area contributed by atoms with Gasteiger partial charge in [0.05, 0.1) is 0 Å². The molecule has 1 aliphatic heterocycles. The summed E-state index contributed by atoms with van der Waals surface area (Å²) in [5.74, 6) is -2.21. The number of hydrogen-bond donors (Lipinski definition) is 3. The summed E-state index contributed by atoms with van der Waals surface area (Å²) in [7, 11) is 0. The molecule has 7 heteroatoms. The number of hydrogen-bond acceptors (Lipinski definition) is 4. The Morgan fingerprint density at radius 2 is 2.06 bits per heavy atom. The zero-order chi connectivity index (χ0) is 12.3. The highest BCUT2D eigenvalue weighted by atomic mass is 16.7. The molecule has 0 bridgehead atoms. The molecule has 0 spiro atoms. The van der Waals surface area contributed by atoms with Crippen LogP contribution in [0.5, 0.6) is 0 Å². The molecule has 0 aromatic heterocycles. The molecule has 0 aromatic rings. The fourth-order valence-corrected chi connectivity index (χ4v) is 1.05. The van der Waals surface area contributed by atoms with E-state index >= 15 is 0 Å². The monoisotopic (exact) mass is 228 g/mol. The van der Waals surface area contributed by atoms with E-state index in [9.17, 15) is 14.4 Å². The maximum atomic E-state index is 11.5. The summed E-state index contributed by atoms with van der Waals surface area (Å²) in [6.07, 6.45) is 0. The van der Waals surface area contributed by atoms with Crippen LogP contribution in [0.3, 0.4) is 0 Å². The SMILES string of the molecule is CC(C(=O)O)=C(C)C(=O)N[C@@H]1CONC1=O. The Balaban J connectivity index is 2.69. The lowest BCUT2D eigenvalue weighted by molar-refractivity contribution is -0.133. The van der Waals surface area contributed by atoms with Gasteiger partial charge in [0.1, 0.15) is 12.6 Å².